The lowest BCUT2D eigenvalue weighted by Gasteiger charge is -2.11. The van der Waals surface area contributed by atoms with E-state index in [1.807, 2.05) is 13.0 Å². The molecule has 0 spiro atoms. The fourth-order valence-electron chi connectivity index (χ4n) is 2.14. The van der Waals surface area contributed by atoms with Crippen molar-refractivity contribution >= 4 is 6.29 Å². The number of hydrogen-bond acceptors (Lipinski definition) is 4. The van der Waals surface area contributed by atoms with Gasteiger partial charge in [0.1, 0.15) is 11.4 Å². The van der Waals surface area contributed by atoms with Crippen molar-refractivity contribution in [3.8, 4) is 5.75 Å². The number of carbonyl (C=O) groups is 1. The molecule has 0 bridgehead atoms. The van der Waals surface area contributed by atoms with Gasteiger partial charge in [0, 0.05) is 12.3 Å². The monoisotopic (exact) mass is 249 g/mol. The highest BCUT2D eigenvalue weighted by Gasteiger charge is 2.14. The molecule has 0 N–H and O–H groups in total. The number of pyridine rings is 1. The molecule has 1 aliphatic heterocycles. The summed E-state index contributed by atoms with van der Waals surface area (Å²) in [7, 11) is 0. The van der Waals surface area contributed by atoms with E-state index in [1.54, 1.807) is 6.07 Å². The van der Waals surface area contributed by atoms with Gasteiger partial charge < -0.3 is 9.47 Å². The molecule has 1 saturated heterocycles. The number of aromatic nitrogens is 1. The Morgan fingerprint density at radius 2 is 2.44 bits per heavy atom. The summed E-state index contributed by atoms with van der Waals surface area (Å²) in [5, 5.41) is 0. The van der Waals surface area contributed by atoms with Crippen molar-refractivity contribution in [3.63, 3.8) is 0 Å². The maximum atomic E-state index is 10.9. The van der Waals surface area contributed by atoms with E-state index >= 15 is 0 Å². The molecule has 1 unspecified atom stereocenters. The van der Waals surface area contributed by atoms with Gasteiger partial charge in [-0.25, -0.2) is 4.98 Å². The number of hydrogen-bond donors (Lipinski definition) is 0. The van der Waals surface area contributed by atoms with E-state index in [2.05, 4.69) is 4.98 Å². The van der Waals surface area contributed by atoms with Gasteiger partial charge in [-0.2, -0.15) is 0 Å². The Balaban J connectivity index is 1.77. The molecule has 2 heterocycles. The van der Waals surface area contributed by atoms with Crippen LogP contribution in [0.3, 0.4) is 0 Å². The minimum Gasteiger partial charge on any atom is -0.491 e. The highest BCUT2D eigenvalue weighted by Crippen LogP contribution is 2.18. The summed E-state index contributed by atoms with van der Waals surface area (Å²) in [6, 6.07) is 3.65. The molecule has 1 fully saturated rings. The predicted molar refractivity (Wildman–Crippen MR) is 68.1 cm³/mol. The number of aryl methyl sites for hydroxylation is 1. The second-order valence-corrected chi connectivity index (χ2v) is 4.58. The molecule has 0 aliphatic carbocycles. The zero-order valence-corrected chi connectivity index (χ0v) is 10.7. The normalized spacial score (nSPS) is 18.8. The quantitative estimate of drug-likeness (QED) is 0.574. The van der Waals surface area contributed by atoms with Crippen LogP contribution in [-0.4, -0.2) is 30.6 Å². The molecule has 1 aliphatic rings. The molecule has 4 heteroatoms. The first-order valence-corrected chi connectivity index (χ1v) is 6.47. The maximum absolute atomic E-state index is 10.9. The third-order valence-electron chi connectivity index (χ3n) is 3.09. The Labute approximate surface area is 107 Å². The average Bonchev–Trinajstić information content (AvgIpc) is 2.89. The molecule has 4 nitrogen and oxygen atoms in total. The van der Waals surface area contributed by atoms with Gasteiger partial charge in [0.2, 0.25) is 0 Å². The molecular weight excluding hydrogens is 230 g/mol. The number of carbonyl (C=O) groups excluding carboxylic acids is 1. The van der Waals surface area contributed by atoms with Crippen molar-refractivity contribution in [2.45, 2.75) is 38.7 Å². The van der Waals surface area contributed by atoms with Crippen LogP contribution >= 0.6 is 0 Å². The van der Waals surface area contributed by atoms with Crippen LogP contribution in [0.2, 0.25) is 0 Å². The Hall–Kier alpha value is -1.42. The van der Waals surface area contributed by atoms with Crippen LogP contribution in [-0.2, 0) is 4.74 Å². The van der Waals surface area contributed by atoms with Gasteiger partial charge in [-0.05, 0) is 44.7 Å². The van der Waals surface area contributed by atoms with Gasteiger partial charge in [-0.3, -0.25) is 4.79 Å². The fourth-order valence-corrected chi connectivity index (χ4v) is 2.14. The summed E-state index contributed by atoms with van der Waals surface area (Å²) in [5.41, 5.74) is 1.20. The van der Waals surface area contributed by atoms with Gasteiger partial charge >= 0.3 is 0 Å². The third-order valence-corrected chi connectivity index (χ3v) is 3.09. The van der Waals surface area contributed by atoms with E-state index in [0.717, 1.165) is 37.8 Å². The number of rotatable bonds is 6. The molecule has 0 aromatic carbocycles. The lowest BCUT2D eigenvalue weighted by molar-refractivity contribution is 0.0978. The smallest absolute Gasteiger partial charge is 0.172 e. The van der Waals surface area contributed by atoms with E-state index in [0.29, 0.717) is 24.2 Å². The van der Waals surface area contributed by atoms with E-state index < -0.39 is 0 Å². The van der Waals surface area contributed by atoms with Gasteiger partial charge in [0.15, 0.2) is 6.29 Å². The van der Waals surface area contributed by atoms with Gasteiger partial charge in [-0.1, -0.05) is 0 Å². The molecule has 1 atom stereocenters. The molecular formula is C14H19NO3. The average molecular weight is 249 g/mol. The first-order valence-electron chi connectivity index (χ1n) is 6.47. The summed E-state index contributed by atoms with van der Waals surface area (Å²) < 4.78 is 11.1. The van der Waals surface area contributed by atoms with Crippen molar-refractivity contribution in [2.75, 3.05) is 13.2 Å². The van der Waals surface area contributed by atoms with Crippen LogP contribution < -0.4 is 4.74 Å². The topological polar surface area (TPSA) is 48.4 Å². The van der Waals surface area contributed by atoms with E-state index in [1.165, 1.54) is 6.42 Å². The molecule has 0 amide bonds. The van der Waals surface area contributed by atoms with Crippen LogP contribution in [0.25, 0.3) is 0 Å². The summed E-state index contributed by atoms with van der Waals surface area (Å²) in [6.07, 6.45) is 5.43. The standard InChI is InChI=1S/C14H19NO3/c1-11-6-7-14(13(10-16)15-11)18-9-3-5-12-4-2-8-17-12/h6-7,10,12H,2-5,8-9H2,1H3. The van der Waals surface area contributed by atoms with E-state index in [-0.39, 0.29) is 0 Å². The second-order valence-electron chi connectivity index (χ2n) is 4.58. The fraction of sp³-hybridized carbons (Fsp3) is 0.571. The second kappa shape index (κ2) is 6.50. The van der Waals surface area contributed by atoms with Crippen LogP contribution in [0.15, 0.2) is 12.1 Å². The molecule has 98 valence electrons. The Bertz CT molecular complexity index is 400. The van der Waals surface area contributed by atoms with Crippen molar-refractivity contribution < 1.29 is 14.3 Å². The molecule has 0 radical (unpaired) electrons. The molecule has 1 aromatic rings. The van der Waals surface area contributed by atoms with Gasteiger partial charge in [-0.15, -0.1) is 0 Å². The van der Waals surface area contributed by atoms with Crippen LogP contribution in [0.5, 0.6) is 5.75 Å². The van der Waals surface area contributed by atoms with Crippen molar-refractivity contribution in [3.05, 3.63) is 23.5 Å². The third kappa shape index (κ3) is 3.53. The summed E-state index contributed by atoms with van der Waals surface area (Å²) >= 11 is 0. The minimum atomic E-state index is 0.382. The highest BCUT2D eigenvalue weighted by molar-refractivity contribution is 5.76. The van der Waals surface area contributed by atoms with Crippen LogP contribution in [0.1, 0.15) is 41.9 Å². The van der Waals surface area contributed by atoms with Crippen LogP contribution in [0, 0.1) is 6.92 Å². The Morgan fingerprint density at radius 1 is 1.56 bits per heavy atom. The molecule has 0 saturated carbocycles. The summed E-state index contributed by atoms with van der Waals surface area (Å²) in [6.45, 7) is 3.35. The van der Waals surface area contributed by atoms with Crippen molar-refractivity contribution in [1.29, 1.82) is 0 Å². The Kier molecular flexibility index (Phi) is 4.70. The molecule has 18 heavy (non-hydrogen) atoms. The van der Waals surface area contributed by atoms with Crippen molar-refractivity contribution in [2.24, 2.45) is 0 Å². The number of ether oxygens (including phenoxy) is 2. The predicted octanol–water partition coefficient (Wildman–Crippen LogP) is 2.54. The van der Waals surface area contributed by atoms with Crippen LogP contribution in [0.4, 0.5) is 0 Å². The first-order chi connectivity index (χ1) is 8.79. The van der Waals surface area contributed by atoms with Crippen molar-refractivity contribution in [1.82, 2.24) is 4.98 Å². The number of aldehydes is 1. The molecule has 2 rings (SSSR count). The van der Waals surface area contributed by atoms with E-state index in [4.69, 9.17) is 9.47 Å². The SMILES string of the molecule is Cc1ccc(OCCCC2CCCO2)c(C=O)n1. The first kappa shape index (κ1) is 13.0. The largest absolute Gasteiger partial charge is 0.491 e. The summed E-state index contributed by atoms with van der Waals surface area (Å²) in [5.74, 6) is 0.572. The zero-order valence-electron chi connectivity index (χ0n) is 10.7. The maximum Gasteiger partial charge on any atom is 0.172 e. The lowest BCUT2D eigenvalue weighted by Crippen LogP contribution is -2.08. The number of nitrogens with zero attached hydrogens (tertiary/aromatic N) is 1. The lowest BCUT2D eigenvalue weighted by atomic mass is 10.1. The zero-order chi connectivity index (χ0) is 12.8. The highest BCUT2D eigenvalue weighted by atomic mass is 16.5. The Morgan fingerprint density at radius 3 is 3.17 bits per heavy atom. The van der Waals surface area contributed by atoms with Gasteiger partial charge in [0.05, 0.1) is 12.7 Å². The molecule has 1 aromatic heterocycles. The van der Waals surface area contributed by atoms with E-state index in [9.17, 15) is 4.79 Å². The minimum absolute atomic E-state index is 0.382. The summed E-state index contributed by atoms with van der Waals surface area (Å²) in [4.78, 5) is 15.0. The van der Waals surface area contributed by atoms with Gasteiger partial charge in [0.25, 0.3) is 0 Å².